The Morgan fingerprint density at radius 2 is 2.29 bits per heavy atom. The molecule has 0 saturated carbocycles. The standard InChI is InChI=1S/C10H12N4/c1-8-2-3-11-9(6-8)14-7-10-12-4-5-13-10/h2-6H,7H2,1H3,(H,11,14)(H,12,13). The van der Waals surface area contributed by atoms with Crippen molar-refractivity contribution in [3.8, 4) is 0 Å². The average Bonchev–Trinajstić information content (AvgIpc) is 2.67. The highest BCUT2D eigenvalue weighted by Gasteiger charge is 1.95. The molecule has 0 unspecified atom stereocenters. The van der Waals surface area contributed by atoms with Crippen LogP contribution in [0.3, 0.4) is 0 Å². The van der Waals surface area contributed by atoms with Crippen LogP contribution in [-0.4, -0.2) is 15.0 Å². The van der Waals surface area contributed by atoms with E-state index in [1.54, 1.807) is 18.6 Å². The van der Waals surface area contributed by atoms with Gasteiger partial charge in [0.15, 0.2) is 0 Å². The van der Waals surface area contributed by atoms with Gasteiger partial charge in [-0.15, -0.1) is 0 Å². The number of anilines is 1. The maximum Gasteiger partial charge on any atom is 0.126 e. The third-order valence-corrected chi connectivity index (χ3v) is 1.91. The molecule has 0 aromatic carbocycles. The second-order valence-electron chi connectivity index (χ2n) is 3.11. The summed E-state index contributed by atoms with van der Waals surface area (Å²) in [7, 11) is 0. The minimum Gasteiger partial charge on any atom is -0.363 e. The van der Waals surface area contributed by atoms with Crippen LogP contribution in [0.15, 0.2) is 30.7 Å². The molecule has 4 nitrogen and oxygen atoms in total. The lowest BCUT2D eigenvalue weighted by atomic mass is 10.3. The van der Waals surface area contributed by atoms with Crippen LogP contribution < -0.4 is 5.32 Å². The van der Waals surface area contributed by atoms with Gasteiger partial charge in [-0.05, 0) is 24.6 Å². The van der Waals surface area contributed by atoms with Crippen LogP contribution in [0, 0.1) is 6.92 Å². The molecule has 2 N–H and O–H groups in total. The average molecular weight is 188 g/mol. The fourth-order valence-electron chi connectivity index (χ4n) is 1.20. The van der Waals surface area contributed by atoms with Crippen molar-refractivity contribution >= 4 is 5.82 Å². The fraction of sp³-hybridized carbons (Fsp3) is 0.200. The molecule has 2 aromatic rings. The molecule has 2 heterocycles. The van der Waals surface area contributed by atoms with Crippen molar-refractivity contribution in [1.29, 1.82) is 0 Å². The smallest absolute Gasteiger partial charge is 0.126 e. The molecule has 14 heavy (non-hydrogen) atoms. The van der Waals surface area contributed by atoms with Gasteiger partial charge in [-0.25, -0.2) is 9.97 Å². The summed E-state index contributed by atoms with van der Waals surface area (Å²) in [5.74, 6) is 1.79. The van der Waals surface area contributed by atoms with E-state index in [1.165, 1.54) is 5.56 Å². The van der Waals surface area contributed by atoms with Gasteiger partial charge in [-0.2, -0.15) is 0 Å². The molecule has 0 aliphatic rings. The highest BCUT2D eigenvalue weighted by atomic mass is 15.0. The van der Waals surface area contributed by atoms with Crippen molar-refractivity contribution in [2.75, 3.05) is 5.32 Å². The number of pyridine rings is 1. The predicted octanol–water partition coefficient (Wildman–Crippen LogP) is 1.73. The number of nitrogens with zero attached hydrogens (tertiary/aromatic N) is 2. The number of nitrogens with one attached hydrogen (secondary N) is 2. The second-order valence-corrected chi connectivity index (χ2v) is 3.11. The van der Waals surface area contributed by atoms with Crippen LogP contribution in [0.25, 0.3) is 0 Å². The lowest BCUT2D eigenvalue weighted by molar-refractivity contribution is 0.987. The van der Waals surface area contributed by atoms with Crippen LogP contribution in [0.4, 0.5) is 5.82 Å². The number of aryl methyl sites for hydroxylation is 1. The van der Waals surface area contributed by atoms with E-state index in [0.29, 0.717) is 6.54 Å². The largest absolute Gasteiger partial charge is 0.363 e. The van der Waals surface area contributed by atoms with Crippen molar-refractivity contribution in [1.82, 2.24) is 15.0 Å². The Hall–Kier alpha value is -1.84. The van der Waals surface area contributed by atoms with Gasteiger partial charge in [0, 0.05) is 18.6 Å². The molecule has 0 aliphatic heterocycles. The van der Waals surface area contributed by atoms with Crippen molar-refractivity contribution in [2.24, 2.45) is 0 Å². The summed E-state index contributed by atoms with van der Waals surface area (Å²) in [6, 6.07) is 3.97. The Labute approximate surface area is 82.4 Å². The van der Waals surface area contributed by atoms with Crippen molar-refractivity contribution < 1.29 is 0 Å². The lowest BCUT2D eigenvalue weighted by Crippen LogP contribution is -2.02. The molecule has 0 amide bonds. The molecule has 2 rings (SSSR count). The lowest BCUT2D eigenvalue weighted by Gasteiger charge is -2.03. The number of hydrogen-bond acceptors (Lipinski definition) is 3. The normalized spacial score (nSPS) is 10.1. The number of rotatable bonds is 3. The molecule has 4 heteroatoms. The molecule has 72 valence electrons. The zero-order valence-electron chi connectivity index (χ0n) is 7.99. The van der Waals surface area contributed by atoms with Gasteiger partial charge < -0.3 is 10.3 Å². The monoisotopic (exact) mass is 188 g/mol. The fourth-order valence-corrected chi connectivity index (χ4v) is 1.20. The van der Waals surface area contributed by atoms with E-state index in [0.717, 1.165) is 11.6 Å². The first kappa shape index (κ1) is 8.74. The summed E-state index contributed by atoms with van der Waals surface area (Å²) >= 11 is 0. The number of aromatic amines is 1. The summed E-state index contributed by atoms with van der Waals surface area (Å²) in [6.45, 7) is 2.71. The molecule has 0 saturated heterocycles. The summed E-state index contributed by atoms with van der Waals surface area (Å²) in [4.78, 5) is 11.3. The van der Waals surface area contributed by atoms with Gasteiger partial charge in [0.25, 0.3) is 0 Å². The quantitative estimate of drug-likeness (QED) is 0.771. The molecule has 0 fully saturated rings. The minimum atomic E-state index is 0.670. The SMILES string of the molecule is Cc1ccnc(NCc2ncc[nH]2)c1. The van der Waals surface area contributed by atoms with Gasteiger partial charge >= 0.3 is 0 Å². The molecular formula is C10H12N4. The van der Waals surface area contributed by atoms with Gasteiger partial charge in [-0.3, -0.25) is 0 Å². The number of H-pyrrole nitrogens is 1. The molecular weight excluding hydrogens is 176 g/mol. The summed E-state index contributed by atoms with van der Waals surface area (Å²) in [5.41, 5.74) is 1.20. The van der Waals surface area contributed by atoms with Crippen LogP contribution >= 0.6 is 0 Å². The van der Waals surface area contributed by atoms with E-state index in [1.807, 2.05) is 19.1 Å². The van der Waals surface area contributed by atoms with Crippen molar-refractivity contribution in [3.63, 3.8) is 0 Å². The molecule has 0 aliphatic carbocycles. The third-order valence-electron chi connectivity index (χ3n) is 1.91. The molecule has 0 bridgehead atoms. The first-order chi connectivity index (χ1) is 6.84. The summed E-state index contributed by atoms with van der Waals surface area (Å²) in [5, 5.41) is 3.18. The summed E-state index contributed by atoms with van der Waals surface area (Å²) in [6.07, 6.45) is 5.33. The highest BCUT2D eigenvalue weighted by molar-refractivity contribution is 5.36. The molecule has 0 radical (unpaired) electrons. The Morgan fingerprint density at radius 1 is 1.36 bits per heavy atom. The minimum absolute atomic E-state index is 0.670. The first-order valence-corrected chi connectivity index (χ1v) is 4.49. The second kappa shape index (κ2) is 3.91. The summed E-state index contributed by atoms with van der Waals surface area (Å²) < 4.78 is 0. The maximum absolute atomic E-state index is 4.19. The van der Waals surface area contributed by atoms with E-state index in [9.17, 15) is 0 Å². The van der Waals surface area contributed by atoms with Crippen LogP contribution in [0.2, 0.25) is 0 Å². The predicted molar refractivity (Wildman–Crippen MR) is 54.9 cm³/mol. The van der Waals surface area contributed by atoms with E-state index in [4.69, 9.17) is 0 Å². The van der Waals surface area contributed by atoms with Gasteiger partial charge in [0.1, 0.15) is 11.6 Å². The zero-order chi connectivity index (χ0) is 9.80. The van der Waals surface area contributed by atoms with Crippen molar-refractivity contribution in [3.05, 3.63) is 42.1 Å². The van der Waals surface area contributed by atoms with Crippen LogP contribution in [-0.2, 0) is 6.54 Å². The van der Waals surface area contributed by atoms with E-state index in [-0.39, 0.29) is 0 Å². The third kappa shape index (κ3) is 2.10. The van der Waals surface area contributed by atoms with Gasteiger partial charge in [0.2, 0.25) is 0 Å². The molecule has 0 atom stereocenters. The Morgan fingerprint density at radius 3 is 3.00 bits per heavy atom. The number of hydrogen-bond donors (Lipinski definition) is 2. The van der Waals surface area contributed by atoms with E-state index in [2.05, 4.69) is 20.3 Å². The highest BCUT2D eigenvalue weighted by Crippen LogP contribution is 2.05. The van der Waals surface area contributed by atoms with E-state index >= 15 is 0 Å². The Balaban J connectivity index is 1.98. The first-order valence-electron chi connectivity index (χ1n) is 4.49. The van der Waals surface area contributed by atoms with Gasteiger partial charge in [0.05, 0.1) is 6.54 Å². The van der Waals surface area contributed by atoms with E-state index < -0.39 is 0 Å². The van der Waals surface area contributed by atoms with Gasteiger partial charge in [-0.1, -0.05) is 0 Å². The number of imidazole rings is 1. The molecule has 0 spiro atoms. The van der Waals surface area contributed by atoms with Crippen LogP contribution in [0.5, 0.6) is 0 Å². The van der Waals surface area contributed by atoms with Crippen LogP contribution in [0.1, 0.15) is 11.4 Å². The topological polar surface area (TPSA) is 53.6 Å². The zero-order valence-corrected chi connectivity index (χ0v) is 7.99. The maximum atomic E-state index is 4.19. The molecule has 2 aromatic heterocycles. The Kier molecular flexibility index (Phi) is 2.44. The van der Waals surface area contributed by atoms with Crippen molar-refractivity contribution in [2.45, 2.75) is 13.5 Å². The Bertz CT molecular complexity index is 394. The number of aromatic nitrogens is 3.